The van der Waals surface area contributed by atoms with Gasteiger partial charge in [-0.2, -0.15) is 0 Å². The number of ether oxygens (including phenoxy) is 1. The van der Waals surface area contributed by atoms with Gasteiger partial charge in [-0.3, -0.25) is 9.80 Å². The van der Waals surface area contributed by atoms with Crippen LogP contribution in [0.4, 0.5) is 14.0 Å². The van der Waals surface area contributed by atoms with Crippen LogP contribution in [0.3, 0.4) is 0 Å². The highest BCUT2D eigenvalue weighted by Gasteiger charge is 2.38. The van der Waals surface area contributed by atoms with E-state index in [0.717, 1.165) is 6.42 Å². The van der Waals surface area contributed by atoms with Crippen LogP contribution in [-0.2, 0) is 9.53 Å². The zero-order chi connectivity index (χ0) is 25.8. The number of likely N-dealkylation sites (N-methyl/N-ethyl adjacent to an activating group) is 1. The van der Waals surface area contributed by atoms with E-state index >= 15 is 0 Å². The normalized spacial score (nSPS) is 19.8. The molecule has 35 heavy (non-hydrogen) atoms. The zero-order valence-electron chi connectivity index (χ0n) is 21.2. The molecule has 0 aliphatic carbocycles. The van der Waals surface area contributed by atoms with Gasteiger partial charge >= 0.3 is 18.0 Å². The number of amides is 4. The molecule has 0 spiro atoms. The van der Waals surface area contributed by atoms with Gasteiger partial charge in [0.05, 0.1) is 18.2 Å². The third kappa shape index (κ3) is 6.50. The maximum Gasteiger partial charge on any atom is 0.338 e. The molecule has 0 saturated carbocycles. The van der Waals surface area contributed by atoms with Crippen LogP contribution >= 0.6 is 0 Å². The van der Waals surface area contributed by atoms with Gasteiger partial charge in [0.15, 0.2) is 0 Å². The number of halogens is 1. The van der Waals surface area contributed by atoms with E-state index in [1.165, 1.54) is 11.0 Å². The molecule has 2 aliphatic rings. The molecule has 1 saturated heterocycles. The highest BCUT2D eigenvalue weighted by Crippen LogP contribution is 2.32. The molecule has 0 unspecified atom stereocenters. The summed E-state index contributed by atoms with van der Waals surface area (Å²) < 4.78 is 20.0. The number of hydrogen-bond acceptors (Lipinski definition) is 5. The molecular formula is C25H36FN5O4. The van der Waals surface area contributed by atoms with E-state index in [2.05, 4.69) is 15.5 Å². The molecule has 10 heteroatoms. The van der Waals surface area contributed by atoms with Crippen molar-refractivity contribution in [2.24, 2.45) is 0 Å². The van der Waals surface area contributed by atoms with Crippen LogP contribution in [0.5, 0.6) is 0 Å². The summed E-state index contributed by atoms with van der Waals surface area (Å²) in [5.41, 5.74) is 0.552. The molecule has 1 aromatic rings. The van der Waals surface area contributed by atoms with Crippen molar-refractivity contribution in [2.75, 3.05) is 46.4 Å². The van der Waals surface area contributed by atoms with Gasteiger partial charge in [-0.25, -0.2) is 18.8 Å². The molecular weight excluding hydrogens is 453 g/mol. The predicted molar refractivity (Wildman–Crippen MR) is 130 cm³/mol. The van der Waals surface area contributed by atoms with Crippen molar-refractivity contribution in [3.8, 4) is 0 Å². The van der Waals surface area contributed by atoms with Crippen LogP contribution in [0.25, 0.3) is 0 Å². The van der Waals surface area contributed by atoms with E-state index in [-0.39, 0.29) is 35.9 Å². The number of nitrogens with one attached hydrogen (secondary N) is 2. The van der Waals surface area contributed by atoms with E-state index in [1.54, 1.807) is 37.1 Å². The molecule has 1 atom stereocenters. The first-order valence-corrected chi connectivity index (χ1v) is 12.0. The first kappa shape index (κ1) is 26.5. The Morgan fingerprint density at radius 2 is 1.89 bits per heavy atom. The Balaban J connectivity index is 1.89. The van der Waals surface area contributed by atoms with Crippen molar-refractivity contribution in [1.29, 1.82) is 0 Å². The van der Waals surface area contributed by atoms with Crippen LogP contribution in [0, 0.1) is 5.82 Å². The van der Waals surface area contributed by atoms with Crippen molar-refractivity contribution in [1.82, 2.24) is 25.3 Å². The Labute approximate surface area is 206 Å². The summed E-state index contributed by atoms with van der Waals surface area (Å²) in [5, 5.41) is 5.74. The van der Waals surface area contributed by atoms with E-state index in [0.29, 0.717) is 31.9 Å². The molecule has 0 bridgehead atoms. The number of rotatable bonds is 5. The average molecular weight is 490 g/mol. The van der Waals surface area contributed by atoms with Gasteiger partial charge < -0.3 is 20.3 Å². The van der Waals surface area contributed by atoms with Gasteiger partial charge in [0.2, 0.25) is 0 Å². The Hall–Kier alpha value is -3.14. The maximum absolute atomic E-state index is 14.7. The van der Waals surface area contributed by atoms with Crippen LogP contribution in [0.2, 0.25) is 0 Å². The minimum atomic E-state index is -0.963. The van der Waals surface area contributed by atoms with Crippen LogP contribution in [0.1, 0.15) is 45.7 Å². The average Bonchev–Trinajstić information content (AvgIpc) is 3.02. The smallest absolute Gasteiger partial charge is 0.338 e. The number of benzene rings is 1. The fourth-order valence-corrected chi connectivity index (χ4v) is 4.28. The van der Waals surface area contributed by atoms with E-state index in [4.69, 9.17) is 4.74 Å². The minimum absolute atomic E-state index is 0.112. The lowest BCUT2D eigenvalue weighted by atomic mass is 9.94. The van der Waals surface area contributed by atoms with Crippen molar-refractivity contribution < 1.29 is 23.5 Å². The largest absolute Gasteiger partial charge is 0.463 e. The SMILES string of the molecule is CCOC(=O)C1=C(CN2CCCN(C(=O)NC(C)(C)C)CC2)N(C)C(=O)N[C@H]1c1ccccc1F. The first-order chi connectivity index (χ1) is 16.5. The summed E-state index contributed by atoms with van der Waals surface area (Å²) >= 11 is 0. The van der Waals surface area contributed by atoms with E-state index in [9.17, 15) is 18.8 Å². The number of urea groups is 2. The Bertz CT molecular complexity index is 990. The number of carbonyl (C=O) groups is 3. The van der Waals surface area contributed by atoms with Crippen molar-refractivity contribution in [3.63, 3.8) is 0 Å². The molecule has 2 aliphatic heterocycles. The van der Waals surface area contributed by atoms with Crippen LogP contribution < -0.4 is 10.6 Å². The van der Waals surface area contributed by atoms with Crippen molar-refractivity contribution in [2.45, 2.75) is 45.7 Å². The first-order valence-electron chi connectivity index (χ1n) is 12.0. The highest BCUT2D eigenvalue weighted by molar-refractivity contribution is 5.95. The number of carbonyl (C=O) groups excluding carboxylic acids is 3. The van der Waals surface area contributed by atoms with Gasteiger partial charge in [-0.05, 0) is 40.2 Å². The second kappa shape index (κ2) is 11.1. The van der Waals surface area contributed by atoms with Gasteiger partial charge in [0, 0.05) is 56.6 Å². The molecule has 192 valence electrons. The lowest BCUT2D eigenvalue weighted by Gasteiger charge is -2.36. The highest BCUT2D eigenvalue weighted by atomic mass is 19.1. The molecule has 0 radical (unpaired) electrons. The number of nitrogens with zero attached hydrogens (tertiary/aromatic N) is 3. The predicted octanol–water partition coefficient (Wildman–Crippen LogP) is 2.85. The molecule has 4 amide bonds. The minimum Gasteiger partial charge on any atom is -0.463 e. The summed E-state index contributed by atoms with van der Waals surface area (Å²) in [4.78, 5) is 43.8. The second-order valence-electron chi connectivity index (χ2n) is 9.84. The number of esters is 1. The van der Waals surface area contributed by atoms with Gasteiger partial charge in [0.1, 0.15) is 5.82 Å². The van der Waals surface area contributed by atoms with E-state index in [1.807, 2.05) is 20.8 Å². The summed E-state index contributed by atoms with van der Waals surface area (Å²) in [6.45, 7) is 10.3. The Morgan fingerprint density at radius 3 is 2.54 bits per heavy atom. The zero-order valence-corrected chi connectivity index (χ0v) is 21.2. The fraction of sp³-hybridized carbons (Fsp3) is 0.560. The molecule has 1 fully saturated rings. The third-order valence-corrected chi connectivity index (χ3v) is 6.02. The van der Waals surface area contributed by atoms with E-state index < -0.39 is 23.9 Å². The Kier molecular flexibility index (Phi) is 8.37. The second-order valence-corrected chi connectivity index (χ2v) is 9.84. The standard InChI is InChI=1S/C25H36FN5O4/c1-6-35-22(32)20-19(29(5)23(33)27-21(20)17-10-7-8-11-18(17)26)16-30-12-9-13-31(15-14-30)24(34)28-25(2,3)4/h7-8,10-11,21H,6,9,12-16H2,1-5H3,(H,27,33)(H,28,34)/t21-/m0/s1. The van der Waals surface area contributed by atoms with Crippen molar-refractivity contribution >= 4 is 18.0 Å². The summed E-state index contributed by atoms with van der Waals surface area (Å²) in [7, 11) is 1.59. The third-order valence-electron chi connectivity index (χ3n) is 6.02. The molecule has 1 aromatic carbocycles. The molecule has 2 N–H and O–H groups in total. The monoisotopic (exact) mass is 489 g/mol. The molecule has 0 aromatic heterocycles. The maximum atomic E-state index is 14.7. The fourth-order valence-electron chi connectivity index (χ4n) is 4.28. The molecule has 2 heterocycles. The number of hydrogen-bond donors (Lipinski definition) is 2. The van der Waals surface area contributed by atoms with Gasteiger partial charge in [-0.15, -0.1) is 0 Å². The molecule has 9 nitrogen and oxygen atoms in total. The lowest BCUT2D eigenvalue weighted by molar-refractivity contribution is -0.139. The molecule has 3 rings (SSSR count). The summed E-state index contributed by atoms with van der Waals surface area (Å²) in [5.74, 6) is -1.11. The van der Waals surface area contributed by atoms with Gasteiger partial charge in [-0.1, -0.05) is 18.2 Å². The van der Waals surface area contributed by atoms with Crippen LogP contribution in [0.15, 0.2) is 35.5 Å². The van der Waals surface area contributed by atoms with Gasteiger partial charge in [0.25, 0.3) is 0 Å². The lowest BCUT2D eigenvalue weighted by Crippen LogP contribution is -2.50. The van der Waals surface area contributed by atoms with Crippen molar-refractivity contribution in [3.05, 3.63) is 46.9 Å². The Morgan fingerprint density at radius 1 is 1.17 bits per heavy atom. The topological polar surface area (TPSA) is 94.2 Å². The van der Waals surface area contributed by atoms with Crippen LogP contribution in [-0.4, -0.2) is 84.6 Å². The summed E-state index contributed by atoms with van der Waals surface area (Å²) in [6.07, 6.45) is 0.742. The quantitative estimate of drug-likeness (QED) is 0.621. The summed E-state index contributed by atoms with van der Waals surface area (Å²) in [6, 6.07) is 4.58.